The van der Waals surface area contributed by atoms with Crippen LogP contribution in [0.15, 0.2) is 30.3 Å². The van der Waals surface area contributed by atoms with Crippen molar-refractivity contribution in [2.45, 2.75) is 50.5 Å². The predicted octanol–water partition coefficient (Wildman–Crippen LogP) is 0.442. The van der Waals surface area contributed by atoms with Gasteiger partial charge in [-0.25, -0.2) is 0 Å². The SMILES string of the molecule is CNC(=O)[C@@H]1[C@H]2C(=O)N(CCCO)C(C(=O)NCc3ccccc3)C23CC(C)[C@@]1(C)O3. The fourth-order valence-electron chi connectivity index (χ4n) is 5.96. The molecule has 0 radical (unpaired) electrons. The second-order valence-electron chi connectivity index (χ2n) is 9.13. The minimum absolute atomic E-state index is 0.0149. The molecule has 3 N–H and O–H groups in total. The van der Waals surface area contributed by atoms with E-state index < -0.39 is 29.1 Å². The van der Waals surface area contributed by atoms with Crippen LogP contribution in [0.2, 0.25) is 0 Å². The molecule has 1 aromatic carbocycles. The molecule has 8 heteroatoms. The molecule has 3 fully saturated rings. The zero-order chi connectivity index (χ0) is 22.4. The van der Waals surface area contributed by atoms with E-state index in [4.69, 9.17) is 4.74 Å². The van der Waals surface area contributed by atoms with Gasteiger partial charge in [-0.2, -0.15) is 0 Å². The van der Waals surface area contributed by atoms with Crippen molar-refractivity contribution in [1.82, 2.24) is 15.5 Å². The number of ether oxygens (including phenoxy) is 1. The first-order valence-electron chi connectivity index (χ1n) is 10.9. The predicted molar refractivity (Wildman–Crippen MR) is 113 cm³/mol. The van der Waals surface area contributed by atoms with E-state index in [0.717, 1.165) is 5.56 Å². The van der Waals surface area contributed by atoms with Crippen molar-refractivity contribution < 1.29 is 24.2 Å². The number of carbonyl (C=O) groups excluding carboxylic acids is 3. The highest BCUT2D eigenvalue weighted by Gasteiger charge is 2.79. The van der Waals surface area contributed by atoms with Gasteiger partial charge in [-0.15, -0.1) is 0 Å². The van der Waals surface area contributed by atoms with E-state index in [-0.39, 0.29) is 36.8 Å². The molecule has 1 aromatic rings. The first kappa shape index (κ1) is 21.8. The highest BCUT2D eigenvalue weighted by molar-refractivity contribution is 5.99. The van der Waals surface area contributed by atoms with Gasteiger partial charge < -0.3 is 25.4 Å². The number of rotatable bonds is 7. The average Bonchev–Trinajstić information content (AvgIpc) is 3.27. The van der Waals surface area contributed by atoms with Crippen LogP contribution in [0, 0.1) is 17.8 Å². The minimum atomic E-state index is -1.04. The van der Waals surface area contributed by atoms with Gasteiger partial charge >= 0.3 is 0 Å². The van der Waals surface area contributed by atoms with Gasteiger partial charge in [0.05, 0.1) is 17.4 Å². The second-order valence-corrected chi connectivity index (χ2v) is 9.13. The maximum Gasteiger partial charge on any atom is 0.246 e. The lowest BCUT2D eigenvalue weighted by Gasteiger charge is -2.36. The number of hydrogen-bond donors (Lipinski definition) is 3. The molecule has 0 aliphatic carbocycles. The minimum Gasteiger partial charge on any atom is -0.396 e. The van der Waals surface area contributed by atoms with E-state index in [1.807, 2.05) is 44.2 Å². The topological polar surface area (TPSA) is 108 Å². The number of aliphatic hydroxyl groups excluding tert-OH is 1. The molecular formula is C23H31N3O5. The Morgan fingerprint density at radius 1 is 1.26 bits per heavy atom. The highest BCUT2D eigenvalue weighted by atomic mass is 16.5. The van der Waals surface area contributed by atoms with Crippen molar-refractivity contribution >= 4 is 17.7 Å². The van der Waals surface area contributed by atoms with Crippen molar-refractivity contribution in [2.24, 2.45) is 17.8 Å². The summed E-state index contributed by atoms with van der Waals surface area (Å²) in [5.74, 6) is -2.11. The van der Waals surface area contributed by atoms with Gasteiger partial charge in [0.1, 0.15) is 11.6 Å². The molecule has 3 heterocycles. The zero-order valence-corrected chi connectivity index (χ0v) is 18.3. The number of hydrogen-bond acceptors (Lipinski definition) is 5. The van der Waals surface area contributed by atoms with Gasteiger partial charge in [0.15, 0.2) is 0 Å². The number of nitrogens with zero attached hydrogens (tertiary/aromatic N) is 1. The van der Waals surface area contributed by atoms with Crippen molar-refractivity contribution in [3.63, 3.8) is 0 Å². The molecule has 0 aromatic heterocycles. The molecule has 3 unspecified atom stereocenters. The quantitative estimate of drug-likeness (QED) is 0.583. The summed E-state index contributed by atoms with van der Waals surface area (Å²) >= 11 is 0. The first-order chi connectivity index (χ1) is 14.8. The van der Waals surface area contributed by atoms with Crippen LogP contribution in [0.4, 0.5) is 0 Å². The number of nitrogens with one attached hydrogen (secondary N) is 2. The second kappa shape index (κ2) is 7.91. The molecule has 3 aliphatic rings. The van der Waals surface area contributed by atoms with Gasteiger partial charge in [0, 0.05) is 26.7 Å². The lowest BCUT2D eigenvalue weighted by atomic mass is 9.62. The van der Waals surface area contributed by atoms with Crippen molar-refractivity contribution in [3.8, 4) is 0 Å². The van der Waals surface area contributed by atoms with Crippen molar-refractivity contribution in [2.75, 3.05) is 20.2 Å². The summed E-state index contributed by atoms with van der Waals surface area (Å²) in [5.41, 5.74) is -0.892. The molecule has 2 bridgehead atoms. The number of benzene rings is 1. The molecule has 31 heavy (non-hydrogen) atoms. The van der Waals surface area contributed by atoms with Crippen LogP contribution in [-0.4, -0.2) is 65.2 Å². The molecule has 1 spiro atoms. The molecule has 3 aliphatic heterocycles. The van der Waals surface area contributed by atoms with E-state index in [2.05, 4.69) is 10.6 Å². The van der Waals surface area contributed by atoms with Gasteiger partial charge in [-0.3, -0.25) is 14.4 Å². The monoisotopic (exact) mass is 429 g/mol. The van der Waals surface area contributed by atoms with Gasteiger partial charge in [-0.05, 0) is 31.2 Å². The highest BCUT2D eigenvalue weighted by Crippen LogP contribution is 2.65. The maximum absolute atomic E-state index is 13.6. The summed E-state index contributed by atoms with van der Waals surface area (Å²) < 4.78 is 6.54. The number of likely N-dealkylation sites (tertiary alicyclic amines) is 1. The zero-order valence-electron chi connectivity index (χ0n) is 18.3. The summed E-state index contributed by atoms with van der Waals surface area (Å²) in [6.45, 7) is 4.39. The van der Waals surface area contributed by atoms with Crippen LogP contribution in [-0.2, 0) is 25.7 Å². The Morgan fingerprint density at radius 2 is 1.97 bits per heavy atom. The molecule has 3 saturated heterocycles. The normalized spacial score (nSPS) is 35.9. The third-order valence-electron chi connectivity index (χ3n) is 7.46. The third kappa shape index (κ3) is 3.15. The summed E-state index contributed by atoms with van der Waals surface area (Å²) in [5, 5.41) is 15.0. The van der Waals surface area contributed by atoms with E-state index >= 15 is 0 Å². The van der Waals surface area contributed by atoms with E-state index in [0.29, 0.717) is 19.4 Å². The van der Waals surface area contributed by atoms with Crippen LogP contribution in [0.5, 0.6) is 0 Å². The lowest BCUT2D eigenvalue weighted by Crippen LogP contribution is -2.55. The summed E-state index contributed by atoms with van der Waals surface area (Å²) in [6, 6.07) is 8.73. The van der Waals surface area contributed by atoms with E-state index in [1.54, 1.807) is 7.05 Å². The fourth-order valence-corrected chi connectivity index (χ4v) is 5.96. The van der Waals surface area contributed by atoms with Crippen LogP contribution in [0.3, 0.4) is 0 Å². The smallest absolute Gasteiger partial charge is 0.246 e. The Kier molecular flexibility index (Phi) is 5.55. The average molecular weight is 430 g/mol. The van der Waals surface area contributed by atoms with Crippen LogP contribution in [0.1, 0.15) is 32.3 Å². The van der Waals surface area contributed by atoms with Gasteiger partial charge in [0.25, 0.3) is 0 Å². The Hall–Kier alpha value is -2.45. The number of amides is 3. The molecule has 4 rings (SSSR count). The summed E-state index contributed by atoms with van der Waals surface area (Å²) in [6.07, 6.45) is 0.890. The molecule has 0 saturated carbocycles. The Bertz CT molecular complexity index is 877. The maximum atomic E-state index is 13.6. The van der Waals surface area contributed by atoms with Gasteiger partial charge in [0.2, 0.25) is 17.7 Å². The van der Waals surface area contributed by atoms with Crippen molar-refractivity contribution in [3.05, 3.63) is 35.9 Å². The summed E-state index contributed by atoms with van der Waals surface area (Å²) in [7, 11) is 1.56. The van der Waals surface area contributed by atoms with Crippen molar-refractivity contribution in [1.29, 1.82) is 0 Å². The molecule has 6 atom stereocenters. The Labute approximate surface area is 182 Å². The lowest BCUT2D eigenvalue weighted by molar-refractivity contribution is -0.147. The number of carbonyl (C=O) groups is 3. The van der Waals surface area contributed by atoms with Crippen LogP contribution < -0.4 is 10.6 Å². The number of aliphatic hydroxyl groups is 1. The number of fused-ring (bicyclic) bond motifs is 1. The van der Waals surface area contributed by atoms with E-state index in [1.165, 1.54) is 4.90 Å². The molecular weight excluding hydrogens is 398 g/mol. The first-order valence-corrected chi connectivity index (χ1v) is 10.9. The summed E-state index contributed by atoms with van der Waals surface area (Å²) in [4.78, 5) is 41.4. The Morgan fingerprint density at radius 3 is 2.61 bits per heavy atom. The van der Waals surface area contributed by atoms with Crippen LogP contribution in [0.25, 0.3) is 0 Å². The van der Waals surface area contributed by atoms with E-state index in [9.17, 15) is 19.5 Å². The standard InChI is InChI=1S/C23H31N3O5/c1-14-12-23-17(16(19(28)24-3)22(14,2)31-23)21(30)26(10-7-11-27)18(23)20(29)25-13-15-8-5-4-6-9-15/h4-6,8-9,14,16-18,27H,7,10-13H2,1-3H3,(H,24,28)(H,25,29)/t14?,16-,17-,18?,22+,23?/m0/s1. The largest absolute Gasteiger partial charge is 0.396 e. The van der Waals surface area contributed by atoms with Crippen LogP contribution >= 0.6 is 0 Å². The molecule has 8 nitrogen and oxygen atoms in total. The third-order valence-corrected chi connectivity index (χ3v) is 7.46. The molecule has 168 valence electrons. The van der Waals surface area contributed by atoms with Gasteiger partial charge in [-0.1, -0.05) is 37.3 Å². The Balaban J connectivity index is 1.69. The molecule has 3 amide bonds. The fraction of sp³-hybridized carbons (Fsp3) is 0.609.